The maximum absolute atomic E-state index is 10.6. The molecule has 0 amide bonds. The summed E-state index contributed by atoms with van der Waals surface area (Å²) in [6, 6.07) is 14.0. The zero-order chi connectivity index (χ0) is 22.2. The average Bonchev–Trinajstić information content (AvgIpc) is 2.76. The third-order valence-corrected chi connectivity index (χ3v) is 5.03. The number of carbonyl (C=O) groups is 1. The van der Waals surface area contributed by atoms with E-state index >= 15 is 0 Å². The molecule has 1 aromatic heterocycles. The van der Waals surface area contributed by atoms with E-state index in [2.05, 4.69) is 48.0 Å². The number of anilines is 1. The molecule has 0 aliphatic carbocycles. The second-order valence-electron chi connectivity index (χ2n) is 7.66. The molecule has 0 aliphatic heterocycles. The molecule has 0 fully saturated rings. The molecule has 0 spiro atoms. The monoisotopic (exact) mass is 418 g/mol. The number of carbonyl (C=O) groups excluding carboxylic acids is 1. The van der Waals surface area contributed by atoms with Crippen LogP contribution in [0.4, 0.5) is 5.82 Å². The zero-order valence-corrected chi connectivity index (χ0v) is 18.3. The molecule has 1 heterocycles. The molecule has 0 saturated heterocycles. The Bertz CT molecular complexity index is 1020. The summed E-state index contributed by atoms with van der Waals surface area (Å²) in [4.78, 5) is 22.2. The minimum atomic E-state index is -1.23. The number of hydrogen-bond acceptors (Lipinski definition) is 6. The van der Waals surface area contributed by atoms with Crippen LogP contribution in [0, 0.1) is 13.8 Å². The zero-order valence-electron chi connectivity index (χ0n) is 18.3. The first-order valence-electron chi connectivity index (χ1n) is 10.5. The van der Waals surface area contributed by atoms with E-state index in [1.54, 1.807) is 18.5 Å². The highest BCUT2D eigenvalue weighted by Crippen LogP contribution is 2.24. The summed E-state index contributed by atoms with van der Waals surface area (Å²) in [7, 11) is 0. The molecule has 0 saturated carbocycles. The molecule has 0 atom stereocenters. The molecule has 3 aromatic rings. The Balaban J connectivity index is 1.82. The van der Waals surface area contributed by atoms with E-state index < -0.39 is 12.6 Å². The average molecular weight is 419 g/mol. The van der Waals surface area contributed by atoms with Crippen LogP contribution in [0.25, 0.3) is 11.3 Å². The SMILES string of the molecule is CCCCN(Cc1ccc(OCC(=O)[O-])c(C)c1)c1cncc(-c2ccc(C)cc2)n1. The molecule has 0 radical (unpaired) electrons. The molecule has 162 valence electrons. The van der Waals surface area contributed by atoms with Crippen LogP contribution in [0.1, 0.15) is 36.5 Å². The predicted molar refractivity (Wildman–Crippen MR) is 120 cm³/mol. The van der Waals surface area contributed by atoms with Gasteiger partial charge in [0.1, 0.15) is 18.2 Å². The van der Waals surface area contributed by atoms with E-state index in [4.69, 9.17) is 9.72 Å². The van der Waals surface area contributed by atoms with Crippen molar-refractivity contribution in [3.8, 4) is 17.0 Å². The number of hydrogen-bond donors (Lipinski definition) is 0. The highest BCUT2D eigenvalue weighted by molar-refractivity contribution is 5.66. The number of unbranched alkanes of at least 4 members (excludes halogenated alkanes) is 1. The lowest BCUT2D eigenvalue weighted by Crippen LogP contribution is -2.29. The Hall–Kier alpha value is -3.41. The van der Waals surface area contributed by atoms with E-state index in [1.165, 1.54) is 5.56 Å². The van der Waals surface area contributed by atoms with Crippen molar-refractivity contribution in [1.29, 1.82) is 0 Å². The van der Waals surface area contributed by atoms with Crippen LogP contribution in [0.3, 0.4) is 0 Å². The topological polar surface area (TPSA) is 78.4 Å². The van der Waals surface area contributed by atoms with Crippen molar-refractivity contribution >= 4 is 11.8 Å². The van der Waals surface area contributed by atoms with Gasteiger partial charge in [0, 0.05) is 18.7 Å². The van der Waals surface area contributed by atoms with Gasteiger partial charge in [-0.3, -0.25) is 4.98 Å². The Morgan fingerprint density at radius 2 is 1.87 bits per heavy atom. The molecule has 3 rings (SSSR count). The van der Waals surface area contributed by atoms with Crippen molar-refractivity contribution in [2.45, 2.75) is 40.2 Å². The van der Waals surface area contributed by atoms with Gasteiger partial charge >= 0.3 is 0 Å². The lowest BCUT2D eigenvalue weighted by Gasteiger charge is -2.24. The number of carboxylic acids is 1. The molecule has 0 unspecified atom stereocenters. The number of ether oxygens (including phenoxy) is 1. The van der Waals surface area contributed by atoms with Gasteiger partial charge < -0.3 is 19.5 Å². The largest absolute Gasteiger partial charge is 0.546 e. The van der Waals surface area contributed by atoms with Crippen LogP contribution in [0.2, 0.25) is 0 Å². The van der Waals surface area contributed by atoms with E-state index in [-0.39, 0.29) is 0 Å². The van der Waals surface area contributed by atoms with E-state index in [0.29, 0.717) is 12.3 Å². The standard InChI is InChI=1S/C25H29N3O3/c1-4-5-12-28(16-20-8-11-23(19(3)13-20)31-17-25(29)30)24-15-26-14-22(27-24)21-9-6-18(2)7-10-21/h6-11,13-15H,4-5,12,16-17H2,1-3H3,(H,29,30)/p-1. The molecular weight excluding hydrogens is 390 g/mol. The number of aromatic nitrogens is 2. The molecule has 6 nitrogen and oxygen atoms in total. The minimum absolute atomic E-state index is 0.454. The van der Waals surface area contributed by atoms with Crippen LogP contribution >= 0.6 is 0 Å². The number of aliphatic carboxylic acids is 1. The van der Waals surface area contributed by atoms with Gasteiger partial charge in [0.25, 0.3) is 0 Å². The second kappa shape index (κ2) is 10.6. The number of benzene rings is 2. The van der Waals surface area contributed by atoms with Crippen LogP contribution in [0.15, 0.2) is 54.9 Å². The first-order chi connectivity index (χ1) is 15.0. The Labute approximate surface area is 183 Å². The number of rotatable bonds is 10. The molecular formula is C25H28N3O3-. The normalized spacial score (nSPS) is 10.7. The van der Waals surface area contributed by atoms with E-state index in [0.717, 1.165) is 47.6 Å². The minimum Gasteiger partial charge on any atom is -0.546 e. The molecule has 31 heavy (non-hydrogen) atoms. The highest BCUT2D eigenvalue weighted by Gasteiger charge is 2.12. The first kappa shape index (κ1) is 22.3. The van der Waals surface area contributed by atoms with Crippen LogP contribution in [0.5, 0.6) is 5.75 Å². The third kappa shape index (κ3) is 6.28. The van der Waals surface area contributed by atoms with Gasteiger partial charge in [-0.1, -0.05) is 55.3 Å². The second-order valence-corrected chi connectivity index (χ2v) is 7.66. The van der Waals surface area contributed by atoms with Gasteiger partial charge in [-0.15, -0.1) is 0 Å². The van der Waals surface area contributed by atoms with Gasteiger partial charge in [-0.05, 0) is 37.5 Å². The fraction of sp³-hybridized carbons (Fsp3) is 0.320. The molecule has 2 aromatic carbocycles. The summed E-state index contributed by atoms with van der Waals surface area (Å²) in [6.45, 7) is 7.22. The Morgan fingerprint density at radius 1 is 1.10 bits per heavy atom. The maximum Gasteiger partial charge on any atom is 0.148 e. The van der Waals surface area contributed by atoms with Crippen LogP contribution < -0.4 is 14.7 Å². The number of aryl methyl sites for hydroxylation is 2. The smallest absolute Gasteiger partial charge is 0.148 e. The maximum atomic E-state index is 10.6. The number of carboxylic acid groups (broad SMARTS) is 1. The fourth-order valence-corrected chi connectivity index (χ4v) is 3.32. The van der Waals surface area contributed by atoms with Crippen molar-refractivity contribution in [2.75, 3.05) is 18.1 Å². The van der Waals surface area contributed by atoms with E-state index in [1.807, 2.05) is 19.1 Å². The summed E-state index contributed by atoms with van der Waals surface area (Å²) in [5.74, 6) is 0.150. The molecule has 0 aliphatic rings. The molecule has 6 heteroatoms. The quantitative estimate of drug-likeness (QED) is 0.500. The first-order valence-corrected chi connectivity index (χ1v) is 10.5. The fourth-order valence-electron chi connectivity index (χ4n) is 3.32. The summed E-state index contributed by atoms with van der Waals surface area (Å²) >= 11 is 0. The highest BCUT2D eigenvalue weighted by atomic mass is 16.5. The Kier molecular flexibility index (Phi) is 7.60. The summed E-state index contributed by atoms with van der Waals surface area (Å²) in [5.41, 5.74) is 5.08. The summed E-state index contributed by atoms with van der Waals surface area (Å²) < 4.78 is 5.28. The number of nitrogens with zero attached hydrogens (tertiary/aromatic N) is 3. The van der Waals surface area contributed by atoms with Gasteiger partial charge in [-0.2, -0.15) is 0 Å². The van der Waals surface area contributed by atoms with Crippen molar-refractivity contribution in [3.05, 3.63) is 71.5 Å². The van der Waals surface area contributed by atoms with E-state index in [9.17, 15) is 9.90 Å². The van der Waals surface area contributed by atoms with Gasteiger partial charge in [0.05, 0.1) is 24.1 Å². The summed E-state index contributed by atoms with van der Waals surface area (Å²) in [6.07, 6.45) is 5.72. The Morgan fingerprint density at radius 3 is 2.55 bits per heavy atom. The van der Waals surface area contributed by atoms with Crippen molar-refractivity contribution in [2.24, 2.45) is 0 Å². The summed E-state index contributed by atoms with van der Waals surface area (Å²) in [5, 5.41) is 10.6. The van der Waals surface area contributed by atoms with Gasteiger partial charge in [-0.25, -0.2) is 4.98 Å². The lowest BCUT2D eigenvalue weighted by atomic mass is 10.1. The van der Waals surface area contributed by atoms with Crippen molar-refractivity contribution in [3.63, 3.8) is 0 Å². The van der Waals surface area contributed by atoms with Crippen molar-refractivity contribution in [1.82, 2.24) is 9.97 Å². The van der Waals surface area contributed by atoms with Crippen LogP contribution in [-0.4, -0.2) is 29.1 Å². The van der Waals surface area contributed by atoms with Crippen molar-refractivity contribution < 1.29 is 14.6 Å². The lowest BCUT2D eigenvalue weighted by molar-refractivity contribution is -0.307. The molecule has 0 bridgehead atoms. The molecule has 0 N–H and O–H groups in total. The van der Waals surface area contributed by atoms with Crippen LogP contribution in [-0.2, 0) is 11.3 Å². The predicted octanol–water partition coefficient (Wildman–Crippen LogP) is 3.70. The van der Waals surface area contributed by atoms with Gasteiger partial charge in [0.2, 0.25) is 0 Å². The third-order valence-electron chi connectivity index (χ3n) is 5.03. The van der Waals surface area contributed by atoms with Gasteiger partial charge in [0.15, 0.2) is 0 Å².